The van der Waals surface area contributed by atoms with Gasteiger partial charge in [-0.1, -0.05) is 56.3 Å². The first-order valence-corrected chi connectivity index (χ1v) is 10.4. The number of nitrogens with one attached hydrogen (secondary N) is 1. The standard InChI is InChI=1S/C23H33N3O/c1-3-25(4-2)17-14-24-23(27)20-12-15-26(16-13-20)18-21-10-7-9-19-8-5-6-11-22(19)21/h5-11,20H,3-4,12-18H2,1-2H3,(H,24,27). The Bertz CT molecular complexity index is 728. The Balaban J connectivity index is 1.46. The second kappa shape index (κ2) is 9.86. The van der Waals surface area contributed by atoms with Gasteiger partial charge < -0.3 is 10.2 Å². The number of nitrogens with zero attached hydrogens (tertiary/aromatic N) is 2. The Hall–Kier alpha value is -1.91. The molecule has 0 bridgehead atoms. The molecule has 0 radical (unpaired) electrons. The van der Waals surface area contributed by atoms with Gasteiger partial charge in [0.1, 0.15) is 0 Å². The van der Waals surface area contributed by atoms with Crippen molar-refractivity contribution in [1.82, 2.24) is 15.1 Å². The second-order valence-corrected chi connectivity index (χ2v) is 7.51. The molecule has 1 heterocycles. The Morgan fingerprint density at radius 1 is 1.07 bits per heavy atom. The molecule has 1 fully saturated rings. The molecule has 146 valence electrons. The van der Waals surface area contributed by atoms with Gasteiger partial charge in [0.25, 0.3) is 0 Å². The summed E-state index contributed by atoms with van der Waals surface area (Å²) in [7, 11) is 0. The van der Waals surface area contributed by atoms with E-state index in [1.165, 1.54) is 16.3 Å². The molecule has 0 aliphatic carbocycles. The Morgan fingerprint density at radius 3 is 2.52 bits per heavy atom. The van der Waals surface area contributed by atoms with Crippen molar-refractivity contribution in [1.29, 1.82) is 0 Å². The number of piperidine rings is 1. The number of benzene rings is 2. The number of amides is 1. The summed E-state index contributed by atoms with van der Waals surface area (Å²) >= 11 is 0. The molecule has 4 nitrogen and oxygen atoms in total. The molecule has 4 heteroatoms. The predicted octanol–water partition coefficient (Wildman–Crippen LogP) is 3.51. The van der Waals surface area contributed by atoms with Gasteiger partial charge in [0.15, 0.2) is 0 Å². The van der Waals surface area contributed by atoms with Crippen LogP contribution in [0.5, 0.6) is 0 Å². The summed E-state index contributed by atoms with van der Waals surface area (Å²) in [5.74, 6) is 0.414. The van der Waals surface area contributed by atoms with Gasteiger partial charge in [-0.05, 0) is 55.4 Å². The minimum Gasteiger partial charge on any atom is -0.355 e. The van der Waals surface area contributed by atoms with Gasteiger partial charge in [-0.25, -0.2) is 0 Å². The molecule has 3 rings (SSSR count). The van der Waals surface area contributed by atoms with Crippen molar-refractivity contribution in [2.75, 3.05) is 39.3 Å². The van der Waals surface area contributed by atoms with Crippen LogP contribution in [0.25, 0.3) is 10.8 Å². The summed E-state index contributed by atoms with van der Waals surface area (Å²) < 4.78 is 0. The van der Waals surface area contributed by atoms with Crippen LogP contribution in [0.1, 0.15) is 32.3 Å². The van der Waals surface area contributed by atoms with E-state index in [2.05, 4.69) is 71.4 Å². The fourth-order valence-corrected chi connectivity index (χ4v) is 4.05. The molecule has 0 saturated carbocycles. The molecule has 0 spiro atoms. The predicted molar refractivity (Wildman–Crippen MR) is 113 cm³/mol. The SMILES string of the molecule is CCN(CC)CCNC(=O)C1CCN(Cc2cccc3ccccc23)CC1. The normalized spacial score (nSPS) is 16.1. The summed E-state index contributed by atoms with van der Waals surface area (Å²) in [6.45, 7) is 11.1. The third-order valence-corrected chi connectivity index (χ3v) is 5.85. The molecular weight excluding hydrogens is 334 g/mol. The highest BCUT2D eigenvalue weighted by molar-refractivity contribution is 5.85. The minimum absolute atomic E-state index is 0.172. The molecule has 2 aromatic carbocycles. The zero-order chi connectivity index (χ0) is 19.1. The monoisotopic (exact) mass is 367 g/mol. The fraction of sp³-hybridized carbons (Fsp3) is 0.522. The van der Waals surface area contributed by atoms with E-state index in [1.807, 2.05) is 0 Å². The van der Waals surface area contributed by atoms with Crippen molar-refractivity contribution in [3.05, 3.63) is 48.0 Å². The smallest absolute Gasteiger partial charge is 0.223 e. The number of rotatable bonds is 8. The Morgan fingerprint density at radius 2 is 1.78 bits per heavy atom. The van der Waals surface area contributed by atoms with Crippen LogP contribution >= 0.6 is 0 Å². The number of carbonyl (C=O) groups is 1. The number of likely N-dealkylation sites (N-methyl/N-ethyl adjacent to an activating group) is 1. The van der Waals surface area contributed by atoms with Gasteiger partial charge >= 0.3 is 0 Å². The lowest BCUT2D eigenvalue weighted by atomic mass is 9.95. The highest BCUT2D eigenvalue weighted by atomic mass is 16.1. The van der Waals surface area contributed by atoms with E-state index in [4.69, 9.17) is 0 Å². The number of hydrogen-bond acceptors (Lipinski definition) is 3. The number of fused-ring (bicyclic) bond motifs is 1. The molecule has 1 amide bonds. The average molecular weight is 368 g/mol. The van der Waals surface area contributed by atoms with Gasteiger partial charge in [-0.2, -0.15) is 0 Å². The lowest BCUT2D eigenvalue weighted by Gasteiger charge is -2.31. The van der Waals surface area contributed by atoms with Crippen LogP contribution in [0, 0.1) is 5.92 Å². The highest BCUT2D eigenvalue weighted by Crippen LogP contribution is 2.23. The number of carbonyl (C=O) groups excluding carboxylic acids is 1. The van der Waals surface area contributed by atoms with Crippen LogP contribution in [0.15, 0.2) is 42.5 Å². The first-order chi connectivity index (χ1) is 13.2. The summed E-state index contributed by atoms with van der Waals surface area (Å²) in [6.07, 6.45) is 1.92. The maximum Gasteiger partial charge on any atom is 0.223 e. The van der Waals surface area contributed by atoms with E-state index in [0.717, 1.165) is 58.7 Å². The van der Waals surface area contributed by atoms with Gasteiger partial charge in [-0.3, -0.25) is 9.69 Å². The Kier molecular flexibility index (Phi) is 7.25. The van der Waals surface area contributed by atoms with Crippen molar-refractivity contribution < 1.29 is 4.79 Å². The third kappa shape index (κ3) is 5.30. The molecule has 1 N–H and O–H groups in total. The van der Waals surface area contributed by atoms with Gasteiger partial charge in [-0.15, -0.1) is 0 Å². The molecule has 1 aliphatic heterocycles. The van der Waals surface area contributed by atoms with Crippen molar-refractivity contribution in [2.45, 2.75) is 33.2 Å². The van der Waals surface area contributed by atoms with Crippen molar-refractivity contribution in [3.8, 4) is 0 Å². The van der Waals surface area contributed by atoms with Crippen molar-refractivity contribution >= 4 is 16.7 Å². The molecule has 0 unspecified atom stereocenters. The fourth-order valence-electron chi connectivity index (χ4n) is 4.05. The summed E-state index contributed by atoms with van der Waals surface area (Å²) in [6, 6.07) is 15.1. The van der Waals surface area contributed by atoms with E-state index >= 15 is 0 Å². The summed E-state index contributed by atoms with van der Waals surface area (Å²) in [5.41, 5.74) is 1.38. The lowest BCUT2D eigenvalue weighted by molar-refractivity contribution is -0.126. The second-order valence-electron chi connectivity index (χ2n) is 7.51. The van der Waals surface area contributed by atoms with Crippen molar-refractivity contribution in [2.24, 2.45) is 5.92 Å². The minimum atomic E-state index is 0.172. The Labute approximate surface area is 163 Å². The van der Waals surface area contributed by atoms with Crippen molar-refractivity contribution in [3.63, 3.8) is 0 Å². The topological polar surface area (TPSA) is 35.6 Å². The molecule has 0 aromatic heterocycles. The maximum atomic E-state index is 12.4. The van der Waals surface area contributed by atoms with E-state index in [1.54, 1.807) is 0 Å². The number of likely N-dealkylation sites (tertiary alicyclic amines) is 1. The lowest BCUT2D eigenvalue weighted by Crippen LogP contribution is -2.42. The molecule has 1 saturated heterocycles. The number of hydrogen-bond donors (Lipinski definition) is 1. The molecular formula is C23H33N3O. The van der Waals surface area contributed by atoms with Crippen LogP contribution in [-0.4, -0.2) is 55.0 Å². The van der Waals surface area contributed by atoms with E-state index in [9.17, 15) is 4.79 Å². The van der Waals surface area contributed by atoms with Gasteiger partial charge in [0.05, 0.1) is 0 Å². The van der Waals surface area contributed by atoms with E-state index in [0.29, 0.717) is 0 Å². The molecule has 27 heavy (non-hydrogen) atoms. The summed E-state index contributed by atoms with van der Waals surface area (Å²) in [5, 5.41) is 5.79. The van der Waals surface area contributed by atoms with Gasteiger partial charge in [0, 0.05) is 25.6 Å². The van der Waals surface area contributed by atoms with Crippen LogP contribution < -0.4 is 5.32 Å². The third-order valence-electron chi connectivity index (χ3n) is 5.85. The largest absolute Gasteiger partial charge is 0.355 e. The van der Waals surface area contributed by atoms with E-state index < -0.39 is 0 Å². The first-order valence-electron chi connectivity index (χ1n) is 10.4. The molecule has 0 atom stereocenters. The summed E-state index contributed by atoms with van der Waals surface area (Å²) in [4.78, 5) is 17.3. The first kappa shape index (κ1) is 19.8. The van der Waals surface area contributed by atoms with Crippen LogP contribution in [0.4, 0.5) is 0 Å². The zero-order valence-corrected chi connectivity index (χ0v) is 16.8. The average Bonchev–Trinajstić information content (AvgIpc) is 2.72. The van der Waals surface area contributed by atoms with Crippen LogP contribution in [-0.2, 0) is 11.3 Å². The van der Waals surface area contributed by atoms with Crippen LogP contribution in [0.3, 0.4) is 0 Å². The van der Waals surface area contributed by atoms with Gasteiger partial charge in [0.2, 0.25) is 5.91 Å². The van der Waals surface area contributed by atoms with Crippen LogP contribution in [0.2, 0.25) is 0 Å². The van der Waals surface area contributed by atoms with E-state index in [-0.39, 0.29) is 11.8 Å². The molecule has 2 aromatic rings. The highest BCUT2D eigenvalue weighted by Gasteiger charge is 2.25. The maximum absolute atomic E-state index is 12.4. The quantitative estimate of drug-likeness (QED) is 0.775. The molecule has 1 aliphatic rings. The zero-order valence-electron chi connectivity index (χ0n) is 16.8.